The quantitative estimate of drug-likeness (QED) is 0.842. The summed E-state index contributed by atoms with van der Waals surface area (Å²) < 4.78 is 10.8. The molecule has 1 fully saturated rings. The van der Waals surface area contributed by atoms with E-state index in [9.17, 15) is 4.79 Å². The van der Waals surface area contributed by atoms with E-state index in [4.69, 9.17) is 9.47 Å². The van der Waals surface area contributed by atoms with E-state index < -0.39 is 0 Å². The van der Waals surface area contributed by atoms with Crippen molar-refractivity contribution in [3.63, 3.8) is 0 Å². The fraction of sp³-hybridized carbons (Fsp3) is 0.571. The molecular formula is C14H21N3O3. The molecular weight excluding hydrogens is 258 g/mol. The minimum atomic E-state index is -0.00992. The van der Waals surface area contributed by atoms with E-state index in [-0.39, 0.29) is 12.5 Å². The Morgan fingerprint density at radius 3 is 2.90 bits per heavy atom. The molecule has 1 aromatic heterocycles. The smallest absolute Gasteiger partial charge is 0.260 e. The summed E-state index contributed by atoms with van der Waals surface area (Å²) in [7, 11) is 1.85. The van der Waals surface area contributed by atoms with Gasteiger partial charge in [-0.1, -0.05) is 0 Å². The summed E-state index contributed by atoms with van der Waals surface area (Å²) in [5.74, 6) is 0.649. The van der Waals surface area contributed by atoms with Crippen LogP contribution >= 0.6 is 0 Å². The summed E-state index contributed by atoms with van der Waals surface area (Å²) in [5, 5.41) is 3.05. The number of carbonyl (C=O) groups is 1. The number of aromatic nitrogens is 1. The molecule has 1 saturated heterocycles. The van der Waals surface area contributed by atoms with E-state index in [1.807, 2.05) is 26.1 Å². The number of nitrogens with zero attached hydrogens (tertiary/aromatic N) is 2. The molecule has 0 atom stereocenters. The first-order chi connectivity index (χ1) is 9.70. The van der Waals surface area contributed by atoms with Crippen molar-refractivity contribution in [3.05, 3.63) is 23.5 Å². The molecule has 110 valence electrons. The first kappa shape index (κ1) is 14.7. The Balaban J connectivity index is 1.94. The van der Waals surface area contributed by atoms with Crippen LogP contribution in [0.4, 0.5) is 0 Å². The highest BCUT2D eigenvalue weighted by atomic mass is 16.5. The van der Waals surface area contributed by atoms with Crippen molar-refractivity contribution in [3.8, 4) is 5.75 Å². The largest absolute Gasteiger partial charge is 0.482 e. The molecule has 0 aliphatic carbocycles. The Labute approximate surface area is 119 Å². The minimum absolute atomic E-state index is 0.00992. The van der Waals surface area contributed by atoms with E-state index in [0.29, 0.717) is 38.6 Å². The van der Waals surface area contributed by atoms with Gasteiger partial charge in [-0.3, -0.25) is 9.78 Å². The Morgan fingerprint density at radius 2 is 2.20 bits per heavy atom. The van der Waals surface area contributed by atoms with Gasteiger partial charge >= 0.3 is 0 Å². The van der Waals surface area contributed by atoms with Gasteiger partial charge in [0.25, 0.3) is 5.91 Å². The fourth-order valence-electron chi connectivity index (χ4n) is 2.07. The van der Waals surface area contributed by atoms with Crippen molar-refractivity contribution in [2.45, 2.75) is 13.5 Å². The zero-order chi connectivity index (χ0) is 14.4. The summed E-state index contributed by atoms with van der Waals surface area (Å²) in [6, 6.07) is 3.75. The van der Waals surface area contributed by atoms with Crippen molar-refractivity contribution in [1.82, 2.24) is 15.2 Å². The minimum Gasteiger partial charge on any atom is -0.482 e. The Kier molecular flexibility index (Phi) is 5.31. The van der Waals surface area contributed by atoms with E-state index in [1.54, 1.807) is 4.90 Å². The zero-order valence-corrected chi connectivity index (χ0v) is 12.0. The fourth-order valence-corrected chi connectivity index (χ4v) is 2.07. The van der Waals surface area contributed by atoms with Crippen LogP contribution in [-0.2, 0) is 16.1 Å². The highest BCUT2D eigenvalue weighted by Gasteiger charge is 2.17. The molecule has 6 nitrogen and oxygen atoms in total. The lowest BCUT2D eigenvalue weighted by molar-refractivity contribution is -0.137. The lowest BCUT2D eigenvalue weighted by Gasteiger charge is -2.26. The van der Waals surface area contributed by atoms with Crippen LogP contribution in [0.15, 0.2) is 12.1 Å². The Hall–Kier alpha value is -1.66. The van der Waals surface area contributed by atoms with Gasteiger partial charge in [-0.15, -0.1) is 0 Å². The summed E-state index contributed by atoms with van der Waals surface area (Å²) >= 11 is 0. The van der Waals surface area contributed by atoms with E-state index in [2.05, 4.69) is 10.3 Å². The van der Waals surface area contributed by atoms with Crippen LogP contribution in [0.1, 0.15) is 11.4 Å². The van der Waals surface area contributed by atoms with Gasteiger partial charge in [0.05, 0.1) is 18.9 Å². The van der Waals surface area contributed by atoms with Crippen LogP contribution in [0, 0.1) is 6.92 Å². The highest BCUT2D eigenvalue weighted by Crippen LogP contribution is 2.17. The van der Waals surface area contributed by atoms with Gasteiger partial charge in [-0.05, 0) is 26.1 Å². The van der Waals surface area contributed by atoms with Crippen LogP contribution in [0.3, 0.4) is 0 Å². The number of rotatable bonds is 5. The molecule has 0 spiro atoms. The van der Waals surface area contributed by atoms with Gasteiger partial charge in [0, 0.05) is 25.3 Å². The summed E-state index contributed by atoms with van der Waals surface area (Å²) in [4.78, 5) is 18.2. The standard InChI is InChI=1S/C14H21N3O3/c1-11-3-4-13(12(16-11)9-15-2)20-10-14(18)17-5-7-19-8-6-17/h3-4,15H,5-10H2,1-2H3. The maximum Gasteiger partial charge on any atom is 0.260 e. The average Bonchev–Trinajstić information content (AvgIpc) is 2.47. The van der Waals surface area contributed by atoms with Crippen molar-refractivity contribution >= 4 is 5.91 Å². The third-order valence-corrected chi connectivity index (χ3v) is 3.13. The normalized spacial score (nSPS) is 15.2. The molecule has 0 saturated carbocycles. The second-order valence-corrected chi connectivity index (χ2v) is 4.71. The van der Waals surface area contributed by atoms with Gasteiger partial charge in [0.1, 0.15) is 5.75 Å². The number of morpholine rings is 1. The third kappa shape index (κ3) is 3.91. The predicted octanol–water partition coefficient (Wildman–Crippen LogP) is 0.347. The molecule has 1 aromatic rings. The van der Waals surface area contributed by atoms with Crippen molar-refractivity contribution in [2.75, 3.05) is 40.0 Å². The topological polar surface area (TPSA) is 63.7 Å². The Bertz CT molecular complexity index is 459. The first-order valence-electron chi connectivity index (χ1n) is 6.80. The first-order valence-corrected chi connectivity index (χ1v) is 6.80. The monoisotopic (exact) mass is 279 g/mol. The number of ether oxygens (including phenoxy) is 2. The molecule has 2 rings (SSSR count). The highest BCUT2D eigenvalue weighted by molar-refractivity contribution is 5.77. The van der Waals surface area contributed by atoms with Gasteiger partial charge in [0.2, 0.25) is 0 Å². The molecule has 0 aromatic carbocycles. The van der Waals surface area contributed by atoms with Crippen molar-refractivity contribution in [2.24, 2.45) is 0 Å². The zero-order valence-electron chi connectivity index (χ0n) is 12.0. The van der Waals surface area contributed by atoms with Crippen molar-refractivity contribution < 1.29 is 14.3 Å². The van der Waals surface area contributed by atoms with Crippen LogP contribution < -0.4 is 10.1 Å². The van der Waals surface area contributed by atoms with E-state index in [1.165, 1.54) is 0 Å². The second-order valence-electron chi connectivity index (χ2n) is 4.71. The second kappa shape index (κ2) is 7.21. The molecule has 1 N–H and O–H groups in total. The van der Waals surface area contributed by atoms with Crippen LogP contribution in [0.25, 0.3) is 0 Å². The van der Waals surface area contributed by atoms with E-state index >= 15 is 0 Å². The number of aryl methyl sites for hydroxylation is 1. The number of nitrogens with one attached hydrogen (secondary N) is 1. The molecule has 20 heavy (non-hydrogen) atoms. The average molecular weight is 279 g/mol. The third-order valence-electron chi connectivity index (χ3n) is 3.13. The van der Waals surface area contributed by atoms with Gasteiger partial charge < -0.3 is 19.7 Å². The number of pyridine rings is 1. The summed E-state index contributed by atoms with van der Waals surface area (Å²) in [6.07, 6.45) is 0. The number of hydrogen-bond acceptors (Lipinski definition) is 5. The maximum atomic E-state index is 12.0. The maximum absolute atomic E-state index is 12.0. The lowest BCUT2D eigenvalue weighted by Crippen LogP contribution is -2.43. The van der Waals surface area contributed by atoms with Crippen molar-refractivity contribution in [1.29, 1.82) is 0 Å². The number of carbonyl (C=O) groups excluding carboxylic acids is 1. The number of amides is 1. The molecule has 0 radical (unpaired) electrons. The van der Waals surface area contributed by atoms with Gasteiger partial charge in [0.15, 0.2) is 6.61 Å². The SMILES string of the molecule is CNCc1nc(C)ccc1OCC(=O)N1CCOCC1. The van der Waals surface area contributed by atoms with Crippen LogP contribution in [0.5, 0.6) is 5.75 Å². The summed E-state index contributed by atoms with van der Waals surface area (Å²) in [5.41, 5.74) is 1.75. The molecule has 2 heterocycles. The van der Waals surface area contributed by atoms with Gasteiger partial charge in [-0.2, -0.15) is 0 Å². The molecule has 1 aliphatic heterocycles. The Morgan fingerprint density at radius 1 is 1.45 bits per heavy atom. The predicted molar refractivity (Wildman–Crippen MR) is 74.6 cm³/mol. The molecule has 0 bridgehead atoms. The van der Waals surface area contributed by atoms with Crippen LogP contribution in [-0.4, -0.2) is 55.7 Å². The molecule has 0 unspecified atom stereocenters. The molecule has 6 heteroatoms. The summed E-state index contributed by atoms with van der Waals surface area (Å²) in [6.45, 7) is 5.06. The molecule has 1 amide bonds. The van der Waals surface area contributed by atoms with Gasteiger partial charge in [-0.25, -0.2) is 0 Å². The lowest BCUT2D eigenvalue weighted by atomic mass is 10.3. The molecule has 1 aliphatic rings. The van der Waals surface area contributed by atoms with Crippen LogP contribution in [0.2, 0.25) is 0 Å². The van der Waals surface area contributed by atoms with E-state index in [0.717, 1.165) is 11.4 Å². The number of hydrogen-bond donors (Lipinski definition) is 1.